The van der Waals surface area contributed by atoms with E-state index in [9.17, 15) is 19.7 Å². The Kier molecular flexibility index (Phi) is 5.86. The quantitative estimate of drug-likeness (QED) is 0.419. The number of nitrogens with zero attached hydrogens (tertiary/aromatic N) is 1. The van der Waals surface area contributed by atoms with Gasteiger partial charge in [-0.15, -0.1) is 0 Å². The Bertz CT molecular complexity index is 1450. The van der Waals surface area contributed by atoms with Crippen molar-refractivity contribution >= 4 is 17.4 Å². The molecule has 1 unspecified atom stereocenters. The van der Waals surface area contributed by atoms with Gasteiger partial charge < -0.3 is 20.1 Å². The monoisotopic (exact) mass is 547 g/mol. The highest BCUT2D eigenvalue weighted by Gasteiger charge is 2.69. The lowest BCUT2D eigenvalue weighted by Gasteiger charge is -2.66. The number of methoxy groups -OCH3 is 1. The molecule has 4 aliphatic rings. The number of hydrogen-bond donors (Lipinski definition) is 2. The van der Waals surface area contributed by atoms with Gasteiger partial charge in [-0.2, -0.15) is 0 Å². The fourth-order valence-electron chi connectivity index (χ4n) is 8.53. The summed E-state index contributed by atoms with van der Waals surface area (Å²) in [5.74, 6) is 1.00. The van der Waals surface area contributed by atoms with Crippen molar-refractivity contribution in [2.45, 2.75) is 71.1 Å². The molecule has 2 aliphatic heterocycles. The Balaban J connectivity index is 1.64. The minimum Gasteiger partial charge on any atom is -0.496 e. The number of fused-ring (bicyclic) bond motifs is 3. The van der Waals surface area contributed by atoms with E-state index in [1.807, 2.05) is 45.2 Å². The molecule has 0 bridgehead atoms. The van der Waals surface area contributed by atoms with Gasteiger partial charge in [-0.3, -0.25) is 19.7 Å². The summed E-state index contributed by atoms with van der Waals surface area (Å²) in [7, 11) is 3.38. The average Bonchev–Trinajstić information content (AvgIpc) is 3.27. The van der Waals surface area contributed by atoms with Crippen molar-refractivity contribution in [1.29, 1.82) is 0 Å². The Morgan fingerprint density at radius 2 is 1.90 bits per heavy atom. The molecule has 1 amide bonds. The number of nitrogens with one attached hydrogen (secondary N) is 2. The molecule has 2 aromatic rings. The number of ketones is 1. The van der Waals surface area contributed by atoms with Gasteiger partial charge in [-0.25, -0.2) is 0 Å². The highest BCUT2D eigenvalue weighted by Crippen LogP contribution is 2.66. The number of carbonyl (C=O) groups is 2. The number of rotatable bonds is 4. The molecule has 6 rings (SSSR count). The molecule has 9 nitrogen and oxygen atoms in total. The van der Waals surface area contributed by atoms with E-state index in [4.69, 9.17) is 9.47 Å². The van der Waals surface area contributed by atoms with E-state index in [0.717, 1.165) is 18.4 Å². The highest BCUT2D eigenvalue weighted by atomic mass is 16.6. The van der Waals surface area contributed by atoms with E-state index < -0.39 is 27.9 Å². The maximum atomic E-state index is 13.6. The van der Waals surface area contributed by atoms with Crippen molar-refractivity contribution in [3.63, 3.8) is 0 Å². The molecule has 40 heavy (non-hydrogen) atoms. The molecule has 9 heteroatoms. The molecule has 0 aromatic heterocycles. The molecule has 2 aromatic carbocycles. The van der Waals surface area contributed by atoms with Crippen molar-refractivity contribution in [3.8, 4) is 11.5 Å². The van der Waals surface area contributed by atoms with Crippen molar-refractivity contribution < 1.29 is 24.0 Å². The zero-order chi connectivity index (χ0) is 28.8. The molecule has 2 N–H and O–H groups in total. The number of benzene rings is 2. The third kappa shape index (κ3) is 3.30. The van der Waals surface area contributed by atoms with Crippen LogP contribution in [0.4, 0.5) is 5.69 Å². The summed E-state index contributed by atoms with van der Waals surface area (Å²) in [6, 6.07) is 7.86. The van der Waals surface area contributed by atoms with Crippen LogP contribution in [0.5, 0.6) is 11.5 Å². The van der Waals surface area contributed by atoms with Crippen LogP contribution in [0, 0.1) is 32.8 Å². The topological polar surface area (TPSA) is 120 Å². The first-order valence-electron chi connectivity index (χ1n) is 14.1. The van der Waals surface area contributed by atoms with Crippen LogP contribution in [0.1, 0.15) is 80.0 Å². The van der Waals surface area contributed by atoms with Crippen molar-refractivity contribution in [3.05, 3.63) is 62.7 Å². The Morgan fingerprint density at radius 3 is 2.58 bits per heavy atom. The number of nitro benzene ring substituents is 1. The predicted molar refractivity (Wildman–Crippen MR) is 149 cm³/mol. The smallest absolute Gasteiger partial charge is 0.283 e. The number of likely N-dealkylation sites (N-methyl/N-ethyl adjacent to an activating group) is 1. The molecule has 212 valence electrons. The predicted octanol–water partition coefficient (Wildman–Crippen LogP) is 4.75. The maximum absolute atomic E-state index is 13.6. The van der Waals surface area contributed by atoms with Crippen LogP contribution in [0.2, 0.25) is 0 Å². The van der Waals surface area contributed by atoms with Crippen molar-refractivity contribution in [1.82, 2.24) is 10.6 Å². The molecule has 0 radical (unpaired) electrons. The van der Waals surface area contributed by atoms with E-state index in [1.54, 1.807) is 13.2 Å². The Labute approximate surface area is 234 Å². The Hall–Kier alpha value is -3.46. The number of Topliss-reactive ketones (excluding diaryl/α,β-unsaturated/α-hetero) is 1. The number of amides is 1. The second-order valence-electron chi connectivity index (χ2n) is 12.8. The summed E-state index contributed by atoms with van der Waals surface area (Å²) in [5, 5.41) is 18.6. The minimum atomic E-state index is -0.705. The van der Waals surface area contributed by atoms with Gasteiger partial charge in [0.2, 0.25) is 0 Å². The SMILES string of the molecule is CN[C@@H]1C[C@@]23Oc4c(cc([N+](=O)[O-])c5c4C(c4ccccc4OC)NC5=O)C[C@]2(C)[C@@H](C)CC[C@H]3C(C)(C)C1=O. The van der Waals surface area contributed by atoms with Crippen LogP contribution in [0.25, 0.3) is 0 Å². The van der Waals surface area contributed by atoms with E-state index >= 15 is 0 Å². The molecule has 1 spiro atoms. The molecular formula is C31H37N3O6. The van der Waals surface area contributed by atoms with E-state index in [2.05, 4.69) is 24.5 Å². The molecule has 0 saturated heterocycles. The summed E-state index contributed by atoms with van der Waals surface area (Å²) in [4.78, 5) is 38.9. The fraction of sp³-hybridized carbons (Fsp3) is 0.548. The number of carbonyl (C=O) groups excluding carboxylic acids is 2. The molecule has 2 heterocycles. The van der Waals surface area contributed by atoms with E-state index in [-0.39, 0.29) is 40.3 Å². The zero-order valence-electron chi connectivity index (χ0n) is 23.9. The molecule has 2 fully saturated rings. The first kappa shape index (κ1) is 26.7. The summed E-state index contributed by atoms with van der Waals surface area (Å²) in [6.45, 7) is 8.52. The second-order valence-corrected chi connectivity index (χ2v) is 12.8. The standard InChI is InChI=1S/C31H37N3O6/c1-16-11-12-22-29(2,3)27(35)19(32-5)15-31(22)30(16,4)14-17-13-20(34(37)38)23-24(26(17)40-31)25(33-28(23)36)18-9-7-8-10-21(18)39-6/h7-10,13,16,19,22,25,32H,11-12,14-15H2,1-6H3,(H,33,36)/t16-,19+,22-,25?,30+,31-/m0/s1. The van der Waals surface area contributed by atoms with Crippen LogP contribution >= 0.6 is 0 Å². The minimum absolute atomic E-state index is 0.0383. The summed E-state index contributed by atoms with van der Waals surface area (Å²) >= 11 is 0. The first-order valence-corrected chi connectivity index (χ1v) is 14.1. The third-order valence-corrected chi connectivity index (χ3v) is 10.8. The third-order valence-electron chi connectivity index (χ3n) is 10.8. The summed E-state index contributed by atoms with van der Waals surface area (Å²) in [5.41, 5.74) is 0.0364. The normalized spacial score (nSPS) is 33.5. The highest BCUT2D eigenvalue weighted by molar-refractivity contribution is 6.05. The number of hydrogen-bond acceptors (Lipinski definition) is 7. The summed E-state index contributed by atoms with van der Waals surface area (Å²) in [6.07, 6.45) is 2.85. The number of para-hydroxylation sites is 1. The van der Waals surface area contributed by atoms with Gasteiger partial charge in [0.05, 0.1) is 24.1 Å². The molecule has 2 saturated carbocycles. The lowest BCUT2D eigenvalue weighted by atomic mass is 9.43. The lowest BCUT2D eigenvalue weighted by molar-refractivity contribution is -0.385. The van der Waals surface area contributed by atoms with Gasteiger partial charge in [-0.1, -0.05) is 45.9 Å². The van der Waals surface area contributed by atoms with Crippen LogP contribution in [-0.2, 0) is 11.2 Å². The van der Waals surface area contributed by atoms with Crippen LogP contribution in [0.15, 0.2) is 30.3 Å². The molecule has 6 atom stereocenters. The van der Waals surface area contributed by atoms with Gasteiger partial charge in [-0.05, 0) is 38.3 Å². The second kappa shape index (κ2) is 8.77. The zero-order valence-corrected chi connectivity index (χ0v) is 23.9. The number of nitro groups is 1. The van der Waals surface area contributed by atoms with Crippen LogP contribution in [-0.4, -0.2) is 42.4 Å². The van der Waals surface area contributed by atoms with Crippen LogP contribution < -0.4 is 20.1 Å². The fourth-order valence-corrected chi connectivity index (χ4v) is 8.53. The van der Waals surface area contributed by atoms with Gasteiger partial charge in [0.1, 0.15) is 22.7 Å². The van der Waals surface area contributed by atoms with Gasteiger partial charge in [0, 0.05) is 45.9 Å². The maximum Gasteiger partial charge on any atom is 0.283 e. The lowest BCUT2D eigenvalue weighted by Crippen LogP contribution is -2.73. The van der Waals surface area contributed by atoms with Crippen molar-refractivity contribution in [2.75, 3.05) is 14.2 Å². The van der Waals surface area contributed by atoms with Crippen molar-refractivity contribution in [2.24, 2.45) is 22.7 Å². The molecular weight excluding hydrogens is 510 g/mol. The molecule has 2 aliphatic carbocycles. The average molecular weight is 548 g/mol. The van der Waals surface area contributed by atoms with E-state index in [0.29, 0.717) is 35.5 Å². The van der Waals surface area contributed by atoms with Gasteiger partial charge in [0.25, 0.3) is 11.6 Å². The number of ether oxygens (including phenoxy) is 2. The summed E-state index contributed by atoms with van der Waals surface area (Å²) < 4.78 is 12.9. The largest absolute Gasteiger partial charge is 0.496 e. The van der Waals surface area contributed by atoms with E-state index in [1.165, 1.54) is 0 Å². The first-order chi connectivity index (χ1) is 18.9. The van der Waals surface area contributed by atoms with Crippen LogP contribution in [0.3, 0.4) is 0 Å². The van der Waals surface area contributed by atoms with Gasteiger partial charge >= 0.3 is 0 Å². The Morgan fingerprint density at radius 1 is 1.18 bits per heavy atom. The van der Waals surface area contributed by atoms with Gasteiger partial charge in [0.15, 0.2) is 5.78 Å².